The fourth-order valence-electron chi connectivity index (χ4n) is 2.13. The van der Waals surface area contributed by atoms with Crippen LogP contribution in [0.5, 0.6) is 0 Å². The van der Waals surface area contributed by atoms with Gasteiger partial charge in [0.05, 0.1) is 5.69 Å². The Morgan fingerprint density at radius 1 is 1.60 bits per heavy atom. The summed E-state index contributed by atoms with van der Waals surface area (Å²) >= 11 is 6.12. The molecule has 1 aliphatic rings. The molecule has 84 valence electrons. The van der Waals surface area contributed by atoms with Gasteiger partial charge >= 0.3 is 0 Å². The molecule has 15 heavy (non-hydrogen) atoms. The van der Waals surface area contributed by atoms with Crippen LogP contribution in [0.15, 0.2) is 0 Å². The second kappa shape index (κ2) is 4.14. The minimum Gasteiger partial charge on any atom is -0.329 e. The number of fused-ring (bicyclic) bond motifs is 1. The molecule has 0 saturated heterocycles. The molecule has 3 nitrogen and oxygen atoms in total. The predicted octanol–water partition coefficient (Wildman–Crippen LogP) is 2.01. The molecule has 1 unspecified atom stereocenters. The molecule has 0 saturated carbocycles. The van der Waals surface area contributed by atoms with Crippen molar-refractivity contribution in [3.8, 4) is 0 Å². The second-order valence-corrected chi connectivity index (χ2v) is 5.13. The summed E-state index contributed by atoms with van der Waals surface area (Å²) in [7, 11) is 0. The largest absolute Gasteiger partial charge is 0.329 e. The van der Waals surface area contributed by atoms with Crippen molar-refractivity contribution >= 4 is 11.6 Å². The standard InChI is InChI=1S/C11H18ClN3/c1-7(2)5-10-14-11(12)9-4-3-8(13)6-15(9)10/h7-8H,3-6,13H2,1-2H3. The van der Waals surface area contributed by atoms with Crippen molar-refractivity contribution in [3.05, 3.63) is 16.7 Å². The summed E-state index contributed by atoms with van der Waals surface area (Å²) in [6.45, 7) is 5.26. The molecule has 0 aliphatic carbocycles. The van der Waals surface area contributed by atoms with Gasteiger partial charge in [-0.25, -0.2) is 4.98 Å². The Balaban J connectivity index is 2.32. The molecule has 0 amide bonds. The van der Waals surface area contributed by atoms with Crippen LogP contribution in [0.4, 0.5) is 0 Å². The lowest BCUT2D eigenvalue weighted by Crippen LogP contribution is -2.32. The molecule has 1 atom stereocenters. The van der Waals surface area contributed by atoms with E-state index in [2.05, 4.69) is 23.4 Å². The zero-order valence-electron chi connectivity index (χ0n) is 9.33. The van der Waals surface area contributed by atoms with Gasteiger partial charge in [0, 0.05) is 19.0 Å². The van der Waals surface area contributed by atoms with Crippen LogP contribution in [-0.4, -0.2) is 15.6 Å². The van der Waals surface area contributed by atoms with E-state index in [1.54, 1.807) is 0 Å². The van der Waals surface area contributed by atoms with Crippen molar-refractivity contribution in [1.82, 2.24) is 9.55 Å². The van der Waals surface area contributed by atoms with Gasteiger partial charge < -0.3 is 10.3 Å². The zero-order valence-corrected chi connectivity index (χ0v) is 10.1. The molecule has 2 rings (SSSR count). The number of imidazole rings is 1. The number of rotatable bonds is 2. The fourth-order valence-corrected chi connectivity index (χ4v) is 2.42. The Hall–Kier alpha value is -0.540. The van der Waals surface area contributed by atoms with E-state index in [1.807, 2.05) is 0 Å². The first kappa shape index (κ1) is 11.0. The number of hydrogen-bond acceptors (Lipinski definition) is 2. The van der Waals surface area contributed by atoms with E-state index in [-0.39, 0.29) is 6.04 Å². The van der Waals surface area contributed by atoms with E-state index < -0.39 is 0 Å². The van der Waals surface area contributed by atoms with E-state index in [0.717, 1.165) is 31.6 Å². The SMILES string of the molecule is CC(C)Cc1nc(Cl)c2n1CC(N)CC2. The molecule has 1 aromatic heterocycles. The Morgan fingerprint density at radius 3 is 3.00 bits per heavy atom. The molecule has 2 heterocycles. The van der Waals surface area contributed by atoms with E-state index in [4.69, 9.17) is 17.3 Å². The third-order valence-electron chi connectivity index (χ3n) is 2.86. The molecule has 1 aliphatic heterocycles. The number of hydrogen-bond donors (Lipinski definition) is 1. The van der Waals surface area contributed by atoms with Crippen LogP contribution in [-0.2, 0) is 19.4 Å². The highest BCUT2D eigenvalue weighted by Crippen LogP contribution is 2.25. The van der Waals surface area contributed by atoms with Crippen molar-refractivity contribution < 1.29 is 0 Å². The maximum absolute atomic E-state index is 6.12. The molecule has 2 N–H and O–H groups in total. The highest BCUT2D eigenvalue weighted by molar-refractivity contribution is 6.30. The van der Waals surface area contributed by atoms with Crippen LogP contribution >= 0.6 is 11.6 Å². The van der Waals surface area contributed by atoms with Crippen molar-refractivity contribution in [1.29, 1.82) is 0 Å². The van der Waals surface area contributed by atoms with Gasteiger partial charge in [0.2, 0.25) is 0 Å². The Bertz CT molecular complexity index is 357. The van der Waals surface area contributed by atoms with Crippen molar-refractivity contribution in [2.45, 2.75) is 45.7 Å². The predicted molar refractivity (Wildman–Crippen MR) is 62.1 cm³/mol. The summed E-state index contributed by atoms with van der Waals surface area (Å²) in [4.78, 5) is 4.44. The van der Waals surface area contributed by atoms with Crippen LogP contribution in [0, 0.1) is 5.92 Å². The summed E-state index contributed by atoms with van der Waals surface area (Å²) < 4.78 is 2.22. The molecule has 1 aromatic rings. The average Bonchev–Trinajstić information content (AvgIpc) is 2.42. The first-order chi connectivity index (χ1) is 7.08. The summed E-state index contributed by atoms with van der Waals surface area (Å²) in [6.07, 6.45) is 2.96. The first-order valence-electron chi connectivity index (χ1n) is 5.57. The highest BCUT2D eigenvalue weighted by atomic mass is 35.5. The smallest absolute Gasteiger partial charge is 0.150 e. The monoisotopic (exact) mass is 227 g/mol. The normalized spacial score (nSPS) is 20.7. The maximum atomic E-state index is 6.12. The van der Waals surface area contributed by atoms with E-state index in [0.29, 0.717) is 11.1 Å². The van der Waals surface area contributed by atoms with Crippen molar-refractivity contribution in [2.75, 3.05) is 0 Å². The van der Waals surface area contributed by atoms with Gasteiger partial charge in [0.25, 0.3) is 0 Å². The van der Waals surface area contributed by atoms with Crippen molar-refractivity contribution in [2.24, 2.45) is 11.7 Å². The first-order valence-corrected chi connectivity index (χ1v) is 5.95. The van der Waals surface area contributed by atoms with Gasteiger partial charge in [-0.05, 0) is 18.8 Å². The van der Waals surface area contributed by atoms with Gasteiger partial charge in [0.15, 0.2) is 5.15 Å². The lowest BCUT2D eigenvalue weighted by molar-refractivity contribution is 0.440. The van der Waals surface area contributed by atoms with Gasteiger partial charge in [-0.3, -0.25) is 0 Å². The van der Waals surface area contributed by atoms with Crippen LogP contribution in [0.1, 0.15) is 31.8 Å². The third-order valence-corrected chi connectivity index (χ3v) is 3.17. The quantitative estimate of drug-likeness (QED) is 0.840. The molecule has 0 radical (unpaired) electrons. The highest BCUT2D eigenvalue weighted by Gasteiger charge is 2.22. The Kier molecular flexibility index (Phi) is 3.03. The minimum atomic E-state index is 0.258. The molecule has 0 aromatic carbocycles. The Labute approximate surface area is 95.6 Å². The maximum Gasteiger partial charge on any atom is 0.150 e. The number of nitrogens with two attached hydrogens (primary N) is 1. The summed E-state index contributed by atoms with van der Waals surface area (Å²) in [5.74, 6) is 1.70. The summed E-state index contributed by atoms with van der Waals surface area (Å²) in [5, 5.41) is 0.678. The van der Waals surface area contributed by atoms with Crippen LogP contribution in [0.3, 0.4) is 0 Å². The molecular formula is C11H18ClN3. The molecular weight excluding hydrogens is 210 g/mol. The van der Waals surface area contributed by atoms with E-state index in [1.165, 1.54) is 5.69 Å². The summed E-state index contributed by atoms with van der Waals surface area (Å²) in [6, 6.07) is 0.258. The average molecular weight is 228 g/mol. The third kappa shape index (κ3) is 2.18. The van der Waals surface area contributed by atoms with Gasteiger partial charge in [0.1, 0.15) is 5.82 Å². The number of aromatic nitrogens is 2. The van der Waals surface area contributed by atoms with Gasteiger partial charge in [-0.1, -0.05) is 25.4 Å². The van der Waals surface area contributed by atoms with Crippen LogP contribution in [0.25, 0.3) is 0 Å². The fraction of sp³-hybridized carbons (Fsp3) is 0.727. The molecule has 4 heteroatoms. The lowest BCUT2D eigenvalue weighted by atomic mass is 10.1. The lowest BCUT2D eigenvalue weighted by Gasteiger charge is -2.22. The minimum absolute atomic E-state index is 0.258. The summed E-state index contributed by atoms with van der Waals surface area (Å²) in [5.41, 5.74) is 7.14. The van der Waals surface area contributed by atoms with E-state index >= 15 is 0 Å². The van der Waals surface area contributed by atoms with Crippen LogP contribution in [0.2, 0.25) is 5.15 Å². The Morgan fingerprint density at radius 2 is 2.33 bits per heavy atom. The van der Waals surface area contributed by atoms with Crippen LogP contribution < -0.4 is 5.73 Å². The van der Waals surface area contributed by atoms with Crippen molar-refractivity contribution in [3.63, 3.8) is 0 Å². The number of halogens is 1. The van der Waals surface area contributed by atoms with E-state index in [9.17, 15) is 0 Å². The molecule has 0 spiro atoms. The van der Waals surface area contributed by atoms with Gasteiger partial charge in [-0.2, -0.15) is 0 Å². The zero-order chi connectivity index (χ0) is 11.0. The van der Waals surface area contributed by atoms with Gasteiger partial charge in [-0.15, -0.1) is 0 Å². The number of nitrogens with zero attached hydrogens (tertiary/aromatic N) is 2. The molecule has 0 fully saturated rings. The second-order valence-electron chi connectivity index (χ2n) is 4.77. The topological polar surface area (TPSA) is 43.8 Å². The molecule has 0 bridgehead atoms.